The Kier molecular flexibility index (Phi) is 5.17. The number of carbonyl (C=O) groups is 1. The molecule has 0 fully saturated rings. The van der Waals surface area contributed by atoms with Crippen molar-refractivity contribution in [2.75, 3.05) is 26.0 Å². The second kappa shape index (κ2) is 7.22. The summed E-state index contributed by atoms with van der Waals surface area (Å²) in [6.45, 7) is 0.174. The van der Waals surface area contributed by atoms with Crippen LogP contribution in [0.5, 0.6) is 5.75 Å². The Hall–Kier alpha value is -2.16. The molecule has 0 saturated carbocycles. The van der Waals surface area contributed by atoms with Crippen molar-refractivity contribution in [2.45, 2.75) is 4.90 Å². The molecule has 8 heteroatoms. The number of anilines is 1. The Morgan fingerprint density at radius 2 is 1.85 bits per heavy atom. The second-order valence-electron chi connectivity index (χ2n) is 5.91. The molecule has 6 nitrogen and oxygen atoms in total. The predicted octanol–water partition coefficient (Wildman–Crippen LogP) is 3.11. The summed E-state index contributed by atoms with van der Waals surface area (Å²) in [6, 6.07) is 11.6. The number of fused-ring (bicyclic) bond motifs is 1. The Morgan fingerprint density at radius 3 is 2.50 bits per heavy atom. The molecule has 2 aromatic carbocycles. The van der Waals surface area contributed by atoms with E-state index in [0.29, 0.717) is 11.3 Å². The fraction of sp³-hybridized carbons (Fsp3) is 0.167. The molecule has 1 N–H and O–H groups in total. The Labute approximate surface area is 160 Å². The number of rotatable bonds is 4. The fourth-order valence-electron chi connectivity index (χ4n) is 2.41. The highest BCUT2D eigenvalue weighted by atomic mass is 79.9. The zero-order chi connectivity index (χ0) is 18.9. The van der Waals surface area contributed by atoms with Gasteiger partial charge in [0.2, 0.25) is 10.0 Å². The molecular formula is C18H17BrN2O4S. The van der Waals surface area contributed by atoms with E-state index in [0.717, 1.165) is 20.1 Å². The molecule has 0 radical (unpaired) electrons. The zero-order valence-corrected chi connectivity index (χ0v) is 16.6. The van der Waals surface area contributed by atoms with Crippen molar-refractivity contribution in [3.05, 3.63) is 58.1 Å². The van der Waals surface area contributed by atoms with Crippen molar-refractivity contribution in [1.82, 2.24) is 4.31 Å². The monoisotopic (exact) mass is 436 g/mol. The molecule has 136 valence electrons. The van der Waals surface area contributed by atoms with E-state index in [2.05, 4.69) is 21.2 Å². The number of sulfonamides is 1. The van der Waals surface area contributed by atoms with Gasteiger partial charge in [-0.3, -0.25) is 4.79 Å². The van der Waals surface area contributed by atoms with Crippen LogP contribution in [0.3, 0.4) is 0 Å². The fourth-order valence-corrected chi connectivity index (χ4v) is 3.69. The summed E-state index contributed by atoms with van der Waals surface area (Å²) in [5.74, 6) is 0.432. The molecule has 0 aromatic heterocycles. The molecule has 0 spiro atoms. The lowest BCUT2D eigenvalue weighted by atomic mass is 10.1. The molecule has 0 bridgehead atoms. The van der Waals surface area contributed by atoms with Gasteiger partial charge in [0.05, 0.1) is 10.5 Å². The molecule has 0 aliphatic carbocycles. The highest BCUT2D eigenvalue weighted by Crippen LogP contribution is 2.29. The maximum atomic E-state index is 12.5. The summed E-state index contributed by atoms with van der Waals surface area (Å²) in [6.07, 6.45) is 1.78. The largest absolute Gasteiger partial charge is 0.488 e. The minimum atomic E-state index is -3.50. The lowest BCUT2D eigenvalue weighted by Crippen LogP contribution is -2.22. The standard InChI is InChI=1S/C18H17BrN2O4S/c1-21(2)26(23,24)16-6-4-15(5-7-16)20-18(22)13-9-12-10-14(19)3-8-17(12)25-11-13/h3-10H,11H2,1-2H3,(H,20,22). The number of benzene rings is 2. The number of hydrogen-bond donors (Lipinski definition) is 1. The molecular weight excluding hydrogens is 420 g/mol. The summed E-state index contributed by atoms with van der Waals surface area (Å²) < 4.78 is 31.8. The third-order valence-electron chi connectivity index (χ3n) is 3.87. The Bertz CT molecular complexity index is 983. The van der Waals surface area contributed by atoms with E-state index in [1.165, 1.54) is 26.2 Å². The van der Waals surface area contributed by atoms with Crippen molar-refractivity contribution in [3.63, 3.8) is 0 Å². The summed E-state index contributed by atoms with van der Waals surface area (Å²) >= 11 is 3.40. The van der Waals surface area contributed by atoms with Gasteiger partial charge in [-0.1, -0.05) is 15.9 Å². The summed E-state index contributed by atoms with van der Waals surface area (Å²) in [7, 11) is -0.557. The number of hydrogen-bond acceptors (Lipinski definition) is 4. The third kappa shape index (κ3) is 3.82. The van der Waals surface area contributed by atoms with Crippen LogP contribution in [0.1, 0.15) is 5.56 Å². The van der Waals surface area contributed by atoms with Crippen molar-refractivity contribution in [2.24, 2.45) is 0 Å². The summed E-state index contributed by atoms with van der Waals surface area (Å²) in [5, 5.41) is 2.76. The van der Waals surface area contributed by atoms with E-state index in [9.17, 15) is 13.2 Å². The van der Waals surface area contributed by atoms with Crippen molar-refractivity contribution in [3.8, 4) is 5.75 Å². The number of carbonyl (C=O) groups excluding carboxylic acids is 1. The van der Waals surface area contributed by atoms with Crippen molar-refractivity contribution >= 4 is 43.6 Å². The van der Waals surface area contributed by atoms with Crippen LogP contribution >= 0.6 is 15.9 Å². The minimum absolute atomic E-state index is 0.166. The maximum Gasteiger partial charge on any atom is 0.255 e. The molecule has 1 aliphatic rings. The number of nitrogens with zero attached hydrogens (tertiary/aromatic N) is 1. The quantitative estimate of drug-likeness (QED) is 0.798. The molecule has 0 atom stereocenters. The van der Waals surface area contributed by atoms with Crippen molar-refractivity contribution in [1.29, 1.82) is 0 Å². The molecule has 1 aliphatic heterocycles. The zero-order valence-electron chi connectivity index (χ0n) is 14.2. The number of amides is 1. The molecule has 1 amide bonds. The van der Waals surface area contributed by atoms with Crippen LogP contribution in [0.15, 0.2) is 57.4 Å². The van der Waals surface area contributed by atoms with Crippen LogP contribution in [-0.4, -0.2) is 39.3 Å². The summed E-state index contributed by atoms with van der Waals surface area (Å²) in [5.41, 5.74) is 1.82. The summed E-state index contributed by atoms with van der Waals surface area (Å²) in [4.78, 5) is 12.6. The number of ether oxygens (including phenoxy) is 1. The first kappa shape index (κ1) is 18.6. The normalized spacial score (nSPS) is 13.6. The van der Waals surface area contributed by atoms with E-state index in [-0.39, 0.29) is 17.4 Å². The highest BCUT2D eigenvalue weighted by molar-refractivity contribution is 9.10. The van der Waals surface area contributed by atoms with E-state index >= 15 is 0 Å². The van der Waals surface area contributed by atoms with Crippen LogP contribution in [-0.2, 0) is 14.8 Å². The lowest BCUT2D eigenvalue weighted by molar-refractivity contribution is -0.113. The van der Waals surface area contributed by atoms with Gasteiger partial charge in [-0.2, -0.15) is 0 Å². The maximum absolute atomic E-state index is 12.5. The van der Waals surface area contributed by atoms with Gasteiger partial charge in [-0.25, -0.2) is 12.7 Å². The van der Waals surface area contributed by atoms with Crippen LogP contribution in [0.25, 0.3) is 6.08 Å². The van der Waals surface area contributed by atoms with E-state index < -0.39 is 10.0 Å². The van der Waals surface area contributed by atoms with Crippen molar-refractivity contribution < 1.29 is 17.9 Å². The SMILES string of the molecule is CN(C)S(=O)(=O)c1ccc(NC(=O)C2=Cc3cc(Br)ccc3OC2)cc1. The Balaban J connectivity index is 1.77. The molecule has 26 heavy (non-hydrogen) atoms. The van der Waals surface area contributed by atoms with Crippen LogP contribution < -0.4 is 10.1 Å². The topological polar surface area (TPSA) is 75.7 Å². The minimum Gasteiger partial charge on any atom is -0.488 e. The number of nitrogens with one attached hydrogen (secondary N) is 1. The van der Waals surface area contributed by atoms with E-state index in [1.54, 1.807) is 18.2 Å². The first-order valence-electron chi connectivity index (χ1n) is 7.74. The molecule has 3 rings (SSSR count). The molecule has 2 aromatic rings. The molecule has 0 saturated heterocycles. The van der Waals surface area contributed by atoms with E-state index in [1.807, 2.05) is 18.2 Å². The van der Waals surface area contributed by atoms with Gasteiger partial charge in [0.1, 0.15) is 12.4 Å². The Morgan fingerprint density at radius 1 is 1.15 bits per heavy atom. The van der Waals surface area contributed by atoms with Gasteiger partial charge in [-0.05, 0) is 48.5 Å². The smallest absolute Gasteiger partial charge is 0.255 e. The van der Waals surface area contributed by atoms with Crippen LogP contribution in [0.2, 0.25) is 0 Å². The predicted molar refractivity (Wildman–Crippen MR) is 104 cm³/mol. The van der Waals surface area contributed by atoms with Gasteiger partial charge in [-0.15, -0.1) is 0 Å². The number of halogens is 1. The molecule has 1 heterocycles. The molecule has 0 unspecified atom stereocenters. The van der Waals surface area contributed by atoms with Gasteiger partial charge in [0.25, 0.3) is 5.91 Å². The van der Waals surface area contributed by atoms with Crippen LogP contribution in [0.4, 0.5) is 5.69 Å². The van der Waals surface area contributed by atoms with E-state index in [4.69, 9.17) is 4.74 Å². The lowest BCUT2D eigenvalue weighted by Gasteiger charge is -2.18. The third-order valence-corrected chi connectivity index (χ3v) is 6.19. The average Bonchev–Trinajstić information content (AvgIpc) is 2.61. The average molecular weight is 437 g/mol. The highest BCUT2D eigenvalue weighted by Gasteiger charge is 2.19. The van der Waals surface area contributed by atoms with Crippen LogP contribution in [0, 0.1) is 0 Å². The van der Waals surface area contributed by atoms with Gasteiger partial charge in [0.15, 0.2) is 0 Å². The van der Waals surface area contributed by atoms with Gasteiger partial charge in [0, 0.05) is 29.8 Å². The first-order valence-corrected chi connectivity index (χ1v) is 9.97. The van der Waals surface area contributed by atoms with Gasteiger partial charge >= 0.3 is 0 Å². The van der Waals surface area contributed by atoms with Gasteiger partial charge < -0.3 is 10.1 Å². The first-order chi connectivity index (χ1) is 12.3. The second-order valence-corrected chi connectivity index (χ2v) is 8.97.